The van der Waals surface area contributed by atoms with Gasteiger partial charge in [0.2, 0.25) is 0 Å². The number of benzene rings is 1. The summed E-state index contributed by atoms with van der Waals surface area (Å²) >= 11 is 5.86. The molecule has 0 aliphatic rings. The average Bonchev–Trinajstić information content (AvgIpc) is 2.19. The second-order valence-corrected chi connectivity index (χ2v) is 3.31. The Morgan fingerprint density at radius 2 is 1.93 bits per heavy atom. The van der Waals surface area contributed by atoms with E-state index in [0.29, 0.717) is 0 Å². The molecule has 0 saturated carbocycles. The van der Waals surface area contributed by atoms with E-state index in [1.165, 1.54) is 0 Å². The highest BCUT2D eigenvalue weighted by atomic mass is 35.5. The monoisotopic (exact) mass is 204 g/mol. The molecule has 0 amide bonds. The zero-order valence-electron chi connectivity index (χ0n) is 7.44. The molecule has 0 saturated heterocycles. The molecule has 2 nitrogen and oxygen atoms in total. The number of pyridine rings is 1. The van der Waals surface area contributed by atoms with Gasteiger partial charge in [0.25, 0.3) is 0 Å². The van der Waals surface area contributed by atoms with E-state index in [1.54, 1.807) is 12.4 Å². The van der Waals surface area contributed by atoms with Crippen molar-refractivity contribution >= 4 is 23.0 Å². The van der Waals surface area contributed by atoms with Crippen LogP contribution in [-0.2, 0) is 0 Å². The Morgan fingerprint density at radius 1 is 1.07 bits per heavy atom. The van der Waals surface area contributed by atoms with Crippen molar-refractivity contribution in [3.05, 3.63) is 53.8 Å². The molecule has 1 aromatic heterocycles. The lowest BCUT2D eigenvalue weighted by Crippen LogP contribution is -1.89. The highest BCUT2D eigenvalue weighted by Gasteiger charge is 1.94. The number of hydrogen-bond donors (Lipinski definition) is 1. The van der Waals surface area contributed by atoms with Crippen LogP contribution in [0.3, 0.4) is 0 Å². The van der Waals surface area contributed by atoms with Crippen molar-refractivity contribution in [2.75, 3.05) is 5.32 Å². The molecule has 0 bridgehead atoms. The minimum atomic E-state index is 0.721. The summed E-state index contributed by atoms with van der Waals surface area (Å²) in [6.45, 7) is 0. The predicted molar refractivity (Wildman–Crippen MR) is 59.0 cm³/mol. The first kappa shape index (κ1) is 9.03. The maximum atomic E-state index is 5.86. The molecule has 14 heavy (non-hydrogen) atoms. The minimum absolute atomic E-state index is 0.721. The first-order valence-corrected chi connectivity index (χ1v) is 4.65. The standard InChI is InChI=1S/C11H9ClN2/c12-9-3-1-4-10(7-9)14-11-5-2-6-13-8-11/h1-8,14H. The van der Waals surface area contributed by atoms with Gasteiger partial charge in [0.15, 0.2) is 0 Å². The maximum absolute atomic E-state index is 5.86. The van der Waals surface area contributed by atoms with Crippen molar-refractivity contribution in [3.63, 3.8) is 0 Å². The number of halogens is 1. The van der Waals surface area contributed by atoms with Crippen LogP contribution in [0.15, 0.2) is 48.8 Å². The molecule has 1 heterocycles. The van der Waals surface area contributed by atoms with Crippen molar-refractivity contribution in [2.45, 2.75) is 0 Å². The fourth-order valence-electron chi connectivity index (χ4n) is 1.17. The first-order chi connectivity index (χ1) is 6.84. The summed E-state index contributed by atoms with van der Waals surface area (Å²) in [5.41, 5.74) is 1.92. The Kier molecular flexibility index (Phi) is 2.65. The average molecular weight is 205 g/mol. The van der Waals surface area contributed by atoms with E-state index in [2.05, 4.69) is 10.3 Å². The molecule has 2 aromatic rings. The molecule has 0 unspecified atom stereocenters. The van der Waals surface area contributed by atoms with Gasteiger partial charge < -0.3 is 5.32 Å². The van der Waals surface area contributed by atoms with Gasteiger partial charge >= 0.3 is 0 Å². The largest absolute Gasteiger partial charge is 0.354 e. The van der Waals surface area contributed by atoms with Gasteiger partial charge in [-0.05, 0) is 30.3 Å². The quantitative estimate of drug-likeness (QED) is 0.810. The van der Waals surface area contributed by atoms with Gasteiger partial charge in [-0.25, -0.2) is 0 Å². The summed E-state index contributed by atoms with van der Waals surface area (Å²) in [7, 11) is 0. The smallest absolute Gasteiger partial charge is 0.0570 e. The number of hydrogen-bond acceptors (Lipinski definition) is 2. The summed E-state index contributed by atoms with van der Waals surface area (Å²) in [5, 5.41) is 3.92. The Morgan fingerprint density at radius 3 is 2.64 bits per heavy atom. The fourth-order valence-corrected chi connectivity index (χ4v) is 1.36. The molecule has 0 radical (unpaired) electrons. The predicted octanol–water partition coefficient (Wildman–Crippen LogP) is 3.48. The van der Waals surface area contributed by atoms with E-state index in [1.807, 2.05) is 36.4 Å². The van der Waals surface area contributed by atoms with E-state index in [0.717, 1.165) is 16.4 Å². The SMILES string of the molecule is Clc1cccc(Nc2cccnc2)c1. The van der Waals surface area contributed by atoms with Crippen molar-refractivity contribution in [2.24, 2.45) is 0 Å². The van der Waals surface area contributed by atoms with Crippen LogP contribution in [0.4, 0.5) is 11.4 Å². The van der Waals surface area contributed by atoms with Crippen LogP contribution in [0.25, 0.3) is 0 Å². The normalized spacial score (nSPS) is 9.79. The number of nitrogens with zero attached hydrogens (tertiary/aromatic N) is 1. The van der Waals surface area contributed by atoms with E-state index < -0.39 is 0 Å². The lowest BCUT2D eigenvalue weighted by molar-refractivity contribution is 1.32. The second kappa shape index (κ2) is 4.11. The summed E-state index contributed by atoms with van der Waals surface area (Å²) in [4.78, 5) is 4.01. The molecule has 0 fully saturated rings. The van der Waals surface area contributed by atoms with Gasteiger partial charge in [-0.3, -0.25) is 4.98 Å². The van der Waals surface area contributed by atoms with Crippen LogP contribution in [0.5, 0.6) is 0 Å². The number of anilines is 2. The van der Waals surface area contributed by atoms with Crippen LogP contribution in [0.1, 0.15) is 0 Å². The van der Waals surface area contributed by atoms with Gasteiger partial charge in [-0.1, -0.05) is 17.7 Å². The van der Waals surface area contributed by atoms with Crippen LogP contribution in [0.2, 0.25) is 5.02 Å². The van der Waals surface area contributed by atoms with Crippen LogP contribution < -0.4 is 5.32 Å². The highest BCUT2D eigenvalue weighted by molar-refractivity contribution is 6.30. The van der Waals surface area contributed by atoms with Gasteiger partial charge in [0, 0.05) is 16.9 Å². The van der Waals surface area contributed by atoms with E-state index in [9.17, 15) is 0 Å². The van der Waals surface area contributed by atoms with Crippen molar-refractivity contribution in [1.82, 2.24) is 4.98 Å². The van der Waals surface area contributed by atoms with E-state index in [4.69, 9.17) is 11.6 Å². The second-order valence-electron chi connectivity index (χ2n) is 2.88. The molecule has 0 aliphatic heterocycles. The van der Waals surface area contributed by atoms with Crippen molar-refractivity contribution in [1.29, 1.82) is 0 Å². The summed E-state index contributed by atoms with van der Waals surface area (Å²) in [6.07, 6.45) is 3.50. The zero-order valence-corrected chi connectivity index (χ0v) is 8.20. The summed E-state index contributed by atoms with van der Waals surface area (Å²) < 4.78 is 0. The van der Waals surface area contributed by atoms with Gasteiger partial charge in [0.05, 0.1) is 11.9 Å². The lowest BCUT2D eigenvalue weighted by atomic mass is 10.3. The molecule has 0 aliphatic carbocycles. The molecule has 2 rings (SSSR count). The Bertz CT molecular complexity index is 415. The molecule has 1 aromatic carbocycles. The number of rotatable bonds is 2. The Hall–Kier alpha value is -1.54. The van der Waals surface area contributed by atoms with Crippen molar-refractivity contribution < 1.29 is 0 Å². The van der Waals surface area contributed by atoms with Gasteiger partial charge in [0.1, 0.15) is 0 Å². The van der Waals surface area contributed by atoms with Crippen LogP contribution in [-0.4, -0.2) is 4.98 Å². The molecule has 0 atom stereocenters. The highest BCUT2D eigenvalue weighted by Crippen LogP contribution is 2.18. The van der Waals surface area contributed by atoms with Gasteiger partial charge in [-0.15, -0.1) is 0 Å². The topological polar surface area (TPSA) is 24.9 Å². The minimum Gasteiger partial charge on any atom is -0.354 e. The van der Waals surface area contributed by atoms with E-state index in [-0.39, 0.29) is 0 Å². The van der Waals surface area contributed by atoms with Crippen LogP contribution in [0, 0.1) is 0 Å². The third-order valence-corrected chi connectivity index (χ3v) is 2.01. The van der Waals surface area contributed by atoms with Crippen molar-refractivity contribution in [3.8, 4) is 0 Å². The molecular weight excluding hydrogens is 196 g/mol. The Labute approximate surface area is 87.6 Å². The molecular formula is C11H9ClN2. The maximum Gasteiger partial charge on any atom is 0.0570 e. The molecule has 1 N–H and O–H groups in total. The molecule has 0 spiro atoms. The third kappa shape index (κ3) is 2.24. The van der Waals surface area contributed by atoms with Crippen LogP contribution >= 0.6 is 11.6 Å². The summed E-state index contributed by atoms with van der Waals surface area (Å²) in [6, 6.07) is 11.4. The third-order valence-electron chi connectivity index (χ3n) is 1.77. The molecule has 3 heteroatoms. The first-order valence-electron chi connectivity index (χ1n) is 4.27. The molecule has 70 valence electrons. The van der Waals surface area contributed by atoms with Gasteiger partial charge in [-0.2, -0.15) is 0 Å². The number of nitrogens with one attached hydrogen (secondary N) is 1. The van der Waals surface area contributed by atoms with E-state index >= 15 is 0 Å². The zero-order chi connectivity index (χ0) is 9.80. The fraction of sp³-hybridized carbons (Fsp3) is 0. The lowest BCUT2D eigenvalue weighted by Gasteiger charge is -2.05. The Balaban J connectivity index is 2.19. The summed E-state index contributed by atoms with van der Waals surface area (Å²) in [5.74, 6) is 0. The number of aromatic nitrogens is 1.